The predicted molar refractivity (Wildman–Crippen MR) is 70.6 cm³/mol. The Kier molecular flexibility index (Phi) is 6.86. The van der Waals surface area contributed by atoms with Gasteiger partial charge in [-0.25, -0.2) is 0 Å². The third kappa shape index (κ3) is 6.41. The number of nitrogens with one attached hydrogen (secondary N) is 1. The van der Waals surface area contributed by atoms with Crippen LogP contribution in [0.5, 0.6) is 0 Å². The van der Waals surface area contributed by atoms with Crippen LogP contribution < -0.4 is 5.32 Å². The minimum Gasteiger partial charge on any atom is -0.311 e. The van der Waals surface area contributed by atoms with Gasteiger partial charge < -0.3 is 5.32 Å². The Morgan fingerprint density at radius 1 is 1.24 bits per heavy atom. The van der Waals surface area contributed by atoms with Gasteiger partial charge in [0.05, 0.1) is 11.9 Å². The van der Waals surface area contributed by atoms with E-state index in [1.54, 1.807) is 0 Å². The van der Waals surface area contributed by atoms with E-state index in [2.05, 4.69) is 29.5 Å². The molecule has 0 aliphatic heterocycles. The van der Waals surface area contributed by atoms with Crippen LogP contribution in [0.3, 0.4) is 0 Å². The molecule has 0 fully saturated rings. The number of unbranched alkanes of at least 4 members (excludes halogenated alkanes) is 3. The third-order valence-electron chi connectivity index (χ3n) is 3.00. The van der Waals surface area contributed by atoms with Crippen LogP contribution in [-0.2, 0) is 13.6 Å². The van der Waals surface area contributed by atoms with Crippen molar-refractivity contribution >= 4 is 0 Å². The van der Waals surface area contributed by atoms with E-state index in [0.717, 1.165) is 24.7 Å². The summed E-state index contributed by atoms with van der Waals surface area (Å²) < 4.78 is 1.82. The van der Waals surface area contributed by atoms with Crippen LogP contribution in [0.2, 0.25) is 0 Å². The molecule has 0 unspecified atom stereocenters. The molecule has 1 aromatic heterocycles. The summed E-state index contributed by atoms with van der Waals surface area (Å²) in [5, 5.41) is 11.2. The molecule has 0 aromatic carbocycles. The van der Waals surface area contributed by atoms with E-state index >= 15 is 0 Å². The Morgan fingerprint density at radius 3 is 2.65 bits per heavy atom. The van der Waals surface area contributed by atoms with Gasteiger partial charge in [-0.05, 0) is 18.9 Å². The lowest BCUT2D eigenvalue weighted by Crippen LogP contribution is -2.16. The first-order valence-corrected chi connectivity index (χ1v) is 6.74. The number of rotatable bonds is 9. The van der Waals surface area contributed by atoms with Crippen LogP contribution in [0.1, 0.15) is 51.6 Å². The van der Waals surface area contributed by atoms with Crippen LogP contribution in [0.4, 0.5) is 0 Å². The molecule has 0 saturated heterocycles. The Morgan fingerprint density at radius 2 is 2.00 bits per heavy atom. The molecule has 0 radical (unpaired) electrons. The minimum absolute atomic E-state index is 0.852. The Balaban J connectivity index is 1.90. The molecule has 1 N–H and O–H groups in total. The molecule has 0 atom stereocenters. The first-order valence-electron chi connectivity index (χ1n) is 6.74. The summed E-state index contributed by atoms with van der Waals surface area (Å²) in [6.45, 7) is 6.55. The van der Waals surface area contributed by atoms with E-state index in [0.29, 0.717) is 0 Å². The van der Waals surface area contributed by atoms with Crippen molar-refractivity contribution in [1.82, 2.24) is 20.3 Å². The van der Waals surface area contributed by atoms with Gasteiger partial charge in [0.15, 0.2) is 0 Å². The van der Waals surface area contributed by atoms with Crippen molar-refractivity contribution in [2.24, 2.45) is 13.0 Å². The lowest BCUT2D eigenvalue weighted by atomic mass is 10.0. The molecule has 1 rings (SSSR count). The maximum Gasteiger partial charge on any atom is 0.0738 e. The molecule has 0 saturated carbocycles. The van der Waals surface area contributed by atoms with Crippen molar-refractivity contribution in [2.45, 2.75) is 52.5 Å². The van der Waals surface area contributed by atoms with E-state index in [4.69, 9.17) is 0 Å². The molecule has 0 amide bonds. The number of aryl methyl sites for hydroxylation is 1. The van der Waals surface area contributed by atoms with Gasteiger partial charge in [-0.15, -0.1) is 5.10 Å². The molecule has 0 aliphatic rings. The van der Waals surface area contributed by atoms with Crippen LogP contribution in [0.15, 0.2) is 6.20 Å². The zero-order valence-electron chi connectivity index (χ0n) is 11.4. The summed E-state index contributed by atoms with van der Waals surface area (Å²) in [5.74, 6) is 0.852. The normalized spacial score (nSPS) is 11.3. The maximum atomic E-state index is 3.90. The van der Waals surface area contributed by atoms with Crippen LogP contribution >= 0.6 is 0 Å². The highest BCUT2D eigenvalue weighted by molar-refractivity contribution is 4.91. The van der Waals surface area contributed by atoms with Crippen LogP contribution in [0, 0.1) is 5.92 Å². The molecule has 17 heavy (non-hydrogen) atoms. The predicted octanol–water partition coefficient (Wildman–Crippen LogP) is 2.51. The van der Waals surface area contributed by atoms with Crippen molar-refractivity contribution in [1.29, 1.82) is 0 Å². The molecule has 98 valence electrons. The molecule has 1 heterocycles. The second-order valence-electron chi connectivity index (χ2n) is 5.12. The van der Waals surface area contributed by atoms with Crippen molar-refractivity contribution in [2.75, 3.05) is 6.54 Å². The molecular formula is C13H26N4. The molecule has 0 bridgehead atoms. The smallest absolute Gasteiger partial charge is 0.0738 e. The zero-order valence-corrected chi connectivity index (χ0v) is 11.4. The molecular weight excluding hydrogens is 212 g/mol. The lowest BCUT2D eigenvalue weighted by molar-refractivity contribution is 0.510. The van der Waals surface area contributed by atoms with Crippen molar-refractivity contribution < 1.29 is 0 Å². The SMILES string of the molecule is CC(C)CCCCCCNCc1cnnn1C. The van der Waals surface area contributed by atoms with Gasteiger partial charge in [-0.2, -0.15) is 0 Å². The standard InChI is InChI=1S/C13H26N4/c1-12(2)8-6-4-5-7-9-14-10-13-11-15-16-17(13)3/h11-12,14H,4-10H2,1-3H3. The van der Waals surface area contributed by atoms with Gasteiger partial charge in [0.25, 0.3) is 0 Å². The monoisotopic (exact) mass is 238 g/mol. The van der Waals surface area contributed by atoms with Gasteiger partial charge in [0.1, 0.15) is 0 Å². The zero-order chi connectivity index (χ0) is 12.5. The van der Waals surface area contributed by atoms with Crippen LogP contribution in [0.25, 0.3) is 0 Å². The Labute approximate surface area is 105 Å². The first-order chi connectivity index (χ1) is 8.20. The summed E-state index contributed by atoms with van der Waals surface area (Å²) in [7, 11) is 1.93. The fourth-order valence-electron chi connectivity index (χ4n) is 1.84. The number of hydrogen-bond donors (Lipinski definition) is 1. The Bertz CT molecular complexity index is 293. The molecule has 1 aromatic rings. The lowest BCUT2D eigenvalue weighted by Gasteiger charge is -2.05. The first kappa shape index (κ1) is 14.2. The average Bonchev–Trinajstić information content (AvgIpc) is 2.68. The van der Waals surface area contributed by atoms with Gasteiger partial charge >= 0.3 is 0 Å². The quantitative estimate of drug-likeness (QED) is 0.672. The fraction of sp³-hybridized carbons (Fsp3) is 0.846. The van der Waals surface area contributed by atoms with Crippen molar-refractivity contribution in [3.05, 3.63) is 11.9 Å². The average molecular weight is 238 g/mol. The second-order valence-corrected chi connectivity index (χ2v) is 5.12. The highest BCUT2D eigenvalue weighted by atomic mass is 15.4. The maximum absolute atomic E-state index is 3.90. The summed E-state index contributed by atoms with van der Waals surface area (Å²) in [5.41, 5.74) is 1.14. The van der Waals surface area contributed by atoms with Crippen LogP contribution in [-0.4, -0.2) is 21.5 Å². The van der Waals surface area contributed by atoms with E-state index in [-0.39, 0.29) is 0 Å². The molecule has 0 spiro atoms. The van der Waals surface area contributed by atoms with Crippen molar-refractivity contribution in [3.8, 4) is 0 Å². The summed E-state index contributed by atoms with van der Waals surface area (Å²) in [4.78, 5) is 0. The summed E-state index contributed by atoms with van der Waals surface area (Å²) >= 11 is 0. The topological polar surface area (TPSA) is 42.7 Å². The van der Waals surface area contributed by atoms with Crippen molar-refractivity contribution in [3.63, 3.8) is 0 Å². The largest absolute Gasteiger partial charge is 0.311 e. The summed E-state index contributed by atoms with van der Waals surface area (Å²) in [6.07, 6.45) is 8.53. The fourth-order valence-corrected chi connectivity index (χ4v) is 1.84. The number of hydrogen-bond acceptors (Lipinski definition) is 3. The van der Waals surface area contributed by atoms with Gasteiger partial charge in [0, 0.05) is 13.6 Å². The second kappa shape index (κ2) is 8.23. The number of nitrogens with zero attached hydrogens (tertiary/aromatic N) is 3. The third-order valence-corrected chi connectivity index (χ3v) is 3.00. The summed E-state index contributed by atoms with van der Waals surface area (Å²) in [6, 6.07) is 0. The number of aromatic nitrogens is 3. The highest BCUT2D eigenvalue weighted by Gasteiger charge is 1.98. The van der Waals surface area contributed by atoms with Gasteiger partial charge in [-0.1, -0.05) is 44.7 Å². The molecule has 0 aliphatic carbocycles. The van der Waals surface area contributed by atoms with Gasteiger partial charge in [-0.3, -0.25) is 4.68 Å². The van der Waals surface area contributed by atoms with E-state index in [1.807, 2.05) is 17.9 Å². The molecule has 4 heteroatoms. The van der Waals surface area contributed by atoms with Gasteiger partial charge in [0.2, 0.25) is 0 Å². The molecule has 4 nitrogen and oxygen atoms in total. The van der Waals surface area contributed by atoms with E-state index in [1.165, 1.54) is 32.1 Å². The minimum atomic E-state index is 0.852. The van der Waals surface area contributed by atoms with E-state index < -0.39 is 0 Å². The Hall–Kier alpha value is -0.900. The highest BCUT2D eigenvalue weighted by Crippen LogP contribution is 2.08. The van der Waals surface area contributed by atoms with E-state index in [9.17, 15) is 0 Å².